The number of hydrogen-bond acceptors (Lipinski definition) is 5. The van der Waals surface area contributed by atoms with Gasteiger partial charge >= 0.3 is 5.97 Å². The molecule has 0 spiro atoms. The van der Waals surface area contributed by atoms with E-state index >= 15 is 0 Å². The summed E-state index contributed by atoms with van der Waals surface area (Å²) in [6.45, 7) is 11.7. The zero-order chi connectivity index (χ0) is 14.9. The molecule has 6 heteroatoms. The van der Waals surface area contributed by atoms with Gasteiger partial charge in [-0.15, -0.1) is 0 Å². The van der Waals surface area contributed by atoms with Crippen LogP contribution in [0.5, 0.6) is 0 Å². The predicted octanol–water partition coefficient (Wildman–Crippen LogP) is 2.17. The van der Waals surface area contributed by atoms with Crippen LogP contribution in [0.3, 0.4) is 0 Å². The Labute approximate surface area is 116 Å². The lowest BCUT2D eigenvalue weighted by molar-refractivity contribution is -0.138. The van der Waals surface area contributed by atoms with Crippen LogP contribution in [0, 0.1) is 0 Å². The summed E-state index contributed by atoms with van der Waals surface area (Å²) >= 11 is 0. The van der Waals surface area contributed by atoms with Gasteiger partial charge in [0, 0.05) is 20.9 Å². The van der Waals surface area contributed by atoms with Crippen LogP contribution < -0.4 is 5.73 Å². The molecule has 0 atom stereocenters. The van der Waals surface area contributed by atoms with Crippen LogP contribution in [0.2, 0.25) is 25.7 Å². The van der Waals surface area contributed by atoms with Gasteiger partial charge < -0.3 is 15.2 Å². The summed E-state index contributed by atoms with van der Waals surface area (Å²) in [5.74, 6) is -0.508. The maximum atomic E-state index is 11.3. The summed E-state index contributed by atoms with van der Waals surface area (Å²) in [6, 6.07) is 1.11. The third-order valence-electron chi connectivity index (χ3n) is 2.37. The number of carbonyl (C=O) groups is 1. The van der Waals surface area contributed by atoms with Crippen molar-refractivity contribution in [3.05, 3.63) is 11.3 Å². The molecular formula is C13H26N2O3Si. The number of allylic oxidation sites excluding steroid dienone is 1. The Hall–Kier alpha value is -1.14. The number of nitrogens with two attached hydrogens (primary N) is 1. The molecule has 0 aliphatic rings. The van der Waals surface area contributed by atoms with Crippen molar-refractivity contribution in [1.29, 1.82) is 0 Å². The van der Waals surface area contributed by atoms with Gasteiger partial charge in [0.2, 0.25) is 0 Å². The largest absolute Gasteiger partial charge is 0.461 e. The van der Waals surface area contributed by atoms with E-state index < -0.39 is 14.0 Å². The quantitative estimate of drug-likeness (QED) is 0.244. The van der Waals surface area contributed by atoms with Crippen molar-refractivity contribution in [1.82, 2.24) is 0 Å². The molecular weight excluding hydrogens is 260 g/mol. The van der Waals surface area contributed by atoms with Crippen molar-refractivity contribution in [3.63, 3.8) is 0 Å². The van der Waals surface area contributed by atoms with Gasteiger partial charge in [-0.25, -0.2) is 4.79 Å². The van der Waals surface area contributed by atoms with E-state index in [1.807, 2.05) is 0 Å². The standard InChI is InChI=1S/C13H26N2O3Si/c1-6-18-13(16)12(14)11(2)9-15-10-17-7-8-19(3,4)5/h9H,6-8,10,14H2,1-5H3. The monoisotopic (exact) mass is 286 g/mol. The van der Waals surface area contributed by atoms with Gasteiger partial charge in [0.15, 0.2) is 0 Å². The molecule has 0 bridgehead atoms. The van der Waals surface area contributed by atoms with Gasteiger partial charge in [0.25, 0.3) is 0 Å². The minimum absolute atomic E-state index is 0.0905. The highest BCUT2D eigenvalue weighted by Gasteiger charge is 2.11. The van der Waals surface area contributed by atoms with Gasteiger partial charge in [-0.1, -0.05) is 19.6 Å². The van der Waals surface area contributed by atoms with E-state index in [2.05, 4.69) is 24.6 Å². The Morgan fingerprint density at radius 2 is 2.00 bits per heavy atom. The first kappa shape index (κ1) is 17.9. The normalized spacial score (nSPS) is 13.5. The van der Waals surface area contributed by atoms with Crippen molar-refractivity contribution >= 4 is 20.3 Å². The first-order valence-electron chi connectivity index (χ1n) is 6.49. The van der Waals surface area contributed by atoms with Crippen molar-refractivity contribution in [2.24, 2.45) is 10.7 Å². The molecule has 0 aromatic heterocycles. The second-order valence-electron chi connectivity index (χ2n) is 5.48. The van der Waals surface area contributed by atoms with Gasteiger partial charge in [0.1, 0.15) is 12.4 Å². The van der Waals surface area contributed by atoms with Crippen molar-refractivity contribution in [3.8, 4) is 0 Å². The second kappa shape index (κ2) is 8.87. The molecule has 0 saturated heterocycles. The molecule has 0 aromatic rings. The number of rotatable bonds is 8. The van der Waals surface area contributed by atoms with Crippen LogP contribution in [0.1, 0.15) is 13.8 Å². The van der Waals surface area contributed by atoms with Crippen LogP contribution in [-0.2, 0) is 14.3 Å². The summed E-state index contributed by atoms with van der Waals surface area (Å²) in [5, 5.41) is 0. The zero-order valence-corrected chi connectivity index (χ0v) is 13.7. The van der Waals surface area contributed by atoms with E-state index in [4.69, 9.17) is 15.2 Å². The third kappa shape index (κ3) is 9.44. The lowest BCUT2D eigenvalue weighted by atomic mass is 10.2. The molecule has 0 unspecified atom stereocenters. The minimum Gasteiger partial charge on any atom is -0.461 e. The molecule has 110 valence electrons. The first-order chi connectivity index (χ1) is 8.78. The van der Waals surface area contributed by atoms with Crippen LogP contribution in [0.25, 0.3) is 0 Å². The molecule has 0 rings (SSSR count). The first-order valence-corrected chi connectivity index (χ1v) is 10.2. The molecule has 0 fully saturated rings. The highest BCUT2D eigenvalue weighted by atomic mass is 28.3. The van der Waals surface area contributed by atoms with Gasteiger partial charge in [-0.2, -0.15) is 0 Å². The summed E-state index contributed by atoms with van der Waals surface area (Å²) in [5.41, 5.74) is 6.30. The summed E-state index contributed by atoms with van der Waals surface area (Å²) in [7, 11) is -1.05. The highest BCUT2D eigenvalue weighted by Crippen LogP contribution is 2.07. The van der Waals surface area contributed by atoms with Crippen molar-refractivity contribution in [2.75, 3.05) is 19.9 Å². The smallest absolute Gasteiger partial charge is 0.354 e. The van der Waals surface area contributed by atoms with Crippen molar-refractivity contribution in [2.45, 2.75) is 39.5 Å². The number of hydrogen-bond donors (Lipinski definition) is 1. The molecule has 0 aliphatic heterocycles. The molecule has 2 N–H and O–H groups in total. The zero-order valence-electron chi connectivity index (χ0n) is 12.7. The minimum atomic E-state index is -1.05. The Morgan fingerprint density at radius 3 is 2.53 bits per heavy atom. The molecule has 0 aliphatic carbocycles. The summed E-state index contributed by atoms with van der Waals surface area (Å²) in [6.07, 6.45) is 1.54. The van der Waals surface area contributed by atoms with E-state index in [1.165, 1.54) is 0 Å². The maximum Gasteiger partial charge on any atom is 0.354 e. The SMILES string of the molecule is CCOC(=O)C(N)=C(C)C=NCOCC[Si](C)(C)C. The molecule has 0 saturated carbocycles. The second-order valence-corrected chi connectivity index (χ2v) is 11.1. The summed E-state index contributed by atoms with van der Waals surface area (Å²) in [4.78, 5) is 15.4. The number of ether oxygens (including phenoxy) is 2. The Bertz CT molecular complexity index is 346. The fourth-order valence-corrected chi connectivity index (χ4v) is 1.87. The molecule has 0 heterocycles. The number of nitrogens with zero attached hydrogens (tertiary/aromatic N) is 1. The lowest BCUT2D eigenvalue weighted by Crippen LogP contribution is -2.21. The lowest BCUT2D eigenvalue weighted by Gasteiger charge is -2.14. The highest BCUT2D eigenvalue weighted by molar-refractivity contribution is 6.76. The maximum absolute atomic E-state index is 11.3. The molecule has 0 amide bonds. The van der Waals surface area contributed by atoms with E-state index in [-0.39, 0.29) is 12.4 Å². The number of aliphatic imine (C=N–C) groups is 1. The Morgan fingerprint density at radius 1 is 1.37 bits per heavy atom. The van der Waals surface area contributed by atoms with Crippen molar-refractivity contribution < 1.29 is 14.3 Å². The van der Waals surface area contributed by atoms with Gasteiger partial charge in [0.05, 0.1) is 6.61 Å². The topological polar surface area (TPSA) is 73.9 Å². The molecule has 0 aromatic carbocycles. The molecule has 0 radical (unpaired) electrons. The van der Waals surface area contributed by atoms with Crippen LogP contribution in [0.15, 0.2) is 16.3 Å². The fourth-order valence-electron chi connectivity index (χ4n) is 1.11. The average molecular weight is 286 g/mol. The molecule has 19 heavy (non-hydrogen) atoms. The van der Waals surface area contributed by atoms with Crippen LogP contribution in [-0.4, -0.2) is 40.2 Å². The van der Waals surface area contributed by atoms with Crippen LogP contribution >= 0.6 is 0 Å². The Kier molecular flexibility index (Phi) is 8.34. The predicted molar refractivity (Wildman–Crippen MR) is 81.0 cm³/mol. The molecule has 5 nitrogen and oxygen atoms in total. The van der Waals surface area contributed by atoms with E-state index in [0.29, 0.717) is 12.2 Å². The third-order valence-corrected chi connectivity index (χ3v) is 4.07. The number of esters is 1. The average Bonchev–Trinajstić information content (AvgIpc) is 2.31. The van der Waals surface area contributed by atoms with E-state index in [0.717, 1.165) is 12.7 Å². The Balaban J connectivity index is 4.05. The fraction of sp³-hybridized carbons (Fsp3) is 0.692. The van der Waals surface area contributed by atoms with E-state index in [1.54, 1.807) is 20.1 Å². The summed E-state index contributed by atoms with van der Waals surface area (Å²) < 4.78 is 10.2. The van der Waals surface area contributed by atoms with Gasteiger partial charge in [-0.3, -0.25) is 4.99 Å². The van der Waals surface area contributed by atoms with Gasteiger partial charge in [-0.05, 0) is 25.5 Å². The van der Waals surface area contributed by atoms with E-state index in [9.17, 15) is 4.79 Å². The van der Waals surface area contributed by atoms with Crippen LogP contribution in [0.4, 0.5) is 0 Å². The number of carbonyl (C=O) groups excluding carboxylic acids is 1.